The Kier molecular flexibility index (Phi) is 7.45. The van der Waals surface area contributed by atoms with Gasteiger partial charge in [0.25, 0.3) is 0 Å². The zero-order valence-corrected chi connectivity index (χ0v) is 19.9. The number of hydroxylamine groups is 3. The molecule has 1 aromatic heterocycles. The molecular weight excluding hydrogens is 463 g/mol. The number of hydrogen-bond acceptors (Lipinski definition) is 7. The van der Waals surface area contributed by atoms with Gasteiger partial charge in [0, 0.05) is 43.2 Å². The van der Waals surface area contributed by atoms with Crippen LogP contribution in [-0.2, 0) is 9.53 Å². The van der Waals surface area contributed by atoms with Crippen molar-refractivity contribution in [1.29, 1.82) is 0 Å². The third kappa shape index (κ3) is 5.06. The monoisotopic (exact) mass is 489 g/mol. The van der Waals surface area contributed by atoms with Crippen molar-refractivity contribution in [2.75, 3.05) is 39.2 Å². The Balaban J connectivity index is 1.73. The van der Waals surface area contributed by atoms with Gasteiger partial charge in [-0.25, -0.2) is 19.2 Å². The van der Waals surface area contributed by atoms with Crippen LogP contribution in [0.1, 0.15) is 25.7 Å². The van der Waals surface area contributed by atoms with Gasteiger partial charge in [0.1, 0.15) is 31.1 Å². The van der Waals surface area contributed by atoms with Crippen molar-refractivity contribution < 1.29 is 28.1 Å². The summed E-state index contributed by atoms with van der Waals surface area (Å²) < 4.78 is 24.2. The van der Waals surface area contributed by atoms with E-state index in [4.69, 9.17) is 25.9 Å². The first-order chi connectivity index (χ1) is 16.5. The Morgan fingerprint density at radius 3 is 2.62 bits per heavy atom. The van der Waals surface area contributed by atoms with E-state index >= 15 is 0 Å². The van der Waals surface area contributed by atoms with Crippen molar-refractivity contribution in [3.8, 4) is 11.5 Å². The summed E-state index contributed by atoms with van der Waals surface area (Å²) in [6.45, 7) is 1.49. The van der Waals surface area contributed by atoms with Crippen LogP contribution in [0.4, 0.5) is 15.9 Å². The SMILES string of the molecule is COCCC(=O)[N+]1(Oc2cc3c(Nc4ccc(F)c(Cl)c4)ncnc3cc2OC)CCCCC1. The summed E-state index contributed by atoms with van der Waals surface area (Å²) in [4.78, 5) is 28.3. The molecule has 1 amide bonds. The molecule has 0 spiro atoms. The number of methoxy groups -OCH3 is 2. The lowest BCUT2D eigenvalue weighted by molar-refractivity contribution is -1.02. The van der Waals surface area contributed by atoms with Crippen molar-refractivity contribution in [2.45, 2.75) is 25.7 Å². The molecule has 180 valence electrons. The van der Waals surface area contributed by atoms with Crippen LogP contribution in [0.3, 0.4) is 0 Å². The van der Waals surface area contributed by atoms with Gasteiger partial charge in [0.05, 0.1) is 30.7 Å². The molecule has 3 aromatic rings. The Labute approximate surface area is 202 Å². The predicted molar refractivity (Wildman–Crippen MR) is 127 cm³/mol. The van der Waals surface area contributed by atoms with Crippen LogP contribution in [0.2, 0.25) is 5.02 Å². The molecule has 0 saturated carbocycles. The lowest BCUT2D eigenvalue weighted by Gasteiger charge is -2.36. The number of fused-ring (bicyclic) bond motifs is 1. The molecule has 2 aromatic carbocycles. The molecule has 34 heavy (non-hydrogen) atoms. The number of aromatic nitrogens is 2. The fraction of sp³-hybridized carbons (Fsp3) is 0.375. The topological polar surface area (TPSA) is 82.6 Å². The molecule has 1 fully saturated rings. The Morgan fingerprint density at radius 1 is 1.12 bits per heavy atom. The van der Waals surface area contributed by atoms with E-state index in [0.717, 1.165) is 19.3 Å². The van der Waals surface area contributed by atoms with Crippen molar-refractivity contribution in [3.63, 3.8) is 0 Å². The highest BCUT2D eigenvalue weighted by atomic mass is 35.5. The summed E-state index contributed by atoms with van der Waals surface area (Å²) in [6.07, 6.45) is 4.50. The standard InChI is InChI=1S/C24H27ClFN4O4/c1-32-11-8-23(31)30(9-4-3-5-10-30)34-22-13-17-20(14-21(22)33-2)27-15-28-24(17)29-16-6-7-19(26)18(25)12-16/h6-7,12-15H,3-5,8-11H2,1-2H3,(H,27,28,29)/q+1. The molecule has 0 radical (unpaired) electrons. The Morgan fingerprint density at radius 2 is 1.91 bits per heavy atom. The second-order valence-corrected chi connectivity index (χ2v) is 8.53. The first kappa shape index (κ1) is 24.1. The highest BCUT2D eigenvalue weighted by Crippen LogP contribution is 2.37. The molecule has 8 nitrogen and oxygen atoms in total. The fourth-order valence-corrected chi connectivity index (χ4v) is 4.28. The summed E-state index contributed by atoms with van der Waals surface area (Å²) in [5.74, 6) is 0.819. The van der Waals surface area contributed by atoms with Gasteiger partial charge in [-0.05, 0) is 24.6 Å². The summed E-state index contributed by atoms with van der Waals surface area (Å²) >= 11 is 5.93. The van der Waals surface area contributed by atoms with Crippen LogP contribution in [0.25, 0.3) is 10.9 Å². The number of piperidine rings is 1. The molecule has 1 aliphatic heterocycles. The zero-order valence-electron chi connectivity index (χ0n) is 19.1. The van der Waals surface area contributed by atoms with Gasteiger partial charge >= 0.3 is 5.91 Å². The predicted octanol–water partition coefficient (Wildman–Crippen LogP) is 5.03. The number of nitrogens with one attached hydrogen (secondary N) is 1. The number of halogens is 2. The summed E-state index contributed by atoms with van der Waals surface area (Å²) in [6, 6.07) is 7.84. The molecule has 1 saturated heterocycles. The van der Waals surface area contributed by atoms with E-state index in [1.165, 1.54) is 18.5 Å². The lowest BCUT2D eigenvalue weighted by atomic mass is 10.1. The van der Waals surface area contributed by atoms with E-state index in [1.807, 2.05) is 0 Å². The number of likely N-dealkylation sites (tertiary alicyclic amines) is 1. The molecule has 0 aliphatic carbocycles. The number of anilines is 2. The summed E-state index contributed by atoms with van der Waals surface area (Å²) in [5.41, 5.74) is 1.18. The average molecular weight is 490 g/mol. The van der Waals surface area contributed by atoms with Gasteiger partial charge in [0.15, 0.2) is 5.75 Å². The zero-order chi connectivity index (χ0) is 24.1. The van der Waals surface area contributed by atoms with E-state index in [9.17, 15) is 9.18 Å². The molecule has 0 unspecified atom stereocenters. The molecular formula is C24H27ClFN4O4+. The third-order valence-electron chi connectivity index (χ3n) is 5.89. The van der Waals surface area contributed by atoms with Crippen LogP contribution >= 0.6 is 11.6 Å². The van der Waals surface area contributed by atoms with Crippen LogP contribution in [0.5, 0.6) is 11.5 Å². The number of hydrogen-bond donors (Lipinski definition) is 1. The lowest BCUT2D eigenvalue weighted by Crippen LogP contribution is -2.58. The van der Waals surface area contributed by atoms with Gasteiger partial charge in [-0.2, -0.15) is 0 Å². The minimum atomic E-state index is -0.506. The van der Waals surface area contributed by atoms with Gasteiger partial charge in [-0.1, -0.05) is 16.2 Å². The van der Waals surface area contributed by atoms with Crippen molar-refractivity contribution in [1.82, 2.24) is 9.97 Å². The van der Waals surface area contributed by atoms with Gasteiger partial charge < -0.3 is 19.6 Å². The molecule has 0 bridgehead atoms. The van der Waals surface area contributed by atoms with E-state index in [-0.39, 0.29) is 22.0 Å². The van der Waals surface area contributed by atoms with Gasteiger partial charge in [0.2, 0.25) is 5.75 Å². The molecule has 4 rings (SSSR count). The molecule has 1 aliphatic rings. The van der Waals surface area contributed by atoms with E-state index in [2.05, 4.69) is 15.3 Å². The van der Waals surface area contributed by atoms with E-state index in [1.54, 1.807) is 32.4 Å². The second kappa shape index (κ2) is 10.5. The van der Waals surface area contributed by atoms with Crippen molar-refractivity contribution in [2.24, 2.45) is 0 Å². The summed E-state index contributed by atoms with van der Waals surface area (Å²) in [5, 5.41) is 3.81. The summed E-state index contributed by atoms with van der Waals surface area (Å²) in [7, 11) is 3.12. The highest BCUT2D eigenvalue weighted by molar-refractivity contribution is 6.31. The third-order valence-corrected chi connectivity index (χ3v) is 6.18. The first-order valence-electron chi connectivity index (χ1n) is 11.1. The number of carbonyl (C=O) groups excluding carboxylic acids is 1. The van der Waals surface area contributed by atoms with Crippen LogP contribution in [-0.4, -0.2) is 54.4 Å². The van der Waals surface area contributed by atoms with Crippen LogP contribution < -0.4 is 14.9 Å². The van der Waals surface area contributed by atoms with Gasteiger partial charge in [-0.3, -0.25) is 0 Å². The molecule has 1 N–H and O–H groups in total. The normalized spacial score (nSPS) is 15.2. The Hall–Kier alpha value is -3.01. The largest absolute Gasteiger partial charge is 0.492 e. The maximum Gasteiger partial charge on any atom is 0.357 e. The number of carbonyl (C=O) groups is 1. The van der Waals surface area contributed by atoms with Crippen molar-refractivity contribution >= 4 is 39.9 Å². The van der Waals surface area contributed by atoms with Crippen molar-refractivity contribution in [3.05, 3.63) is 47.5 Å². The molecule has 10 heteroatoms. The number of amides is 1. The van der Waals surface area contributed by atoms with Crippen LogP contribution in [0, 0.1) is 5.82 Å². The number of ether oxygens (including phenoxy) is 2. The fourth-order valence-electron chi connectivity index (χ4n) is 4.10. The second-order valence-electron chi connectivity index (χ2n) is 8.12. The average Bonchev–Trinajstić information content (AvgIpc) is 2.85. The van der Waals surface area contributed by atoms with E-state index in [0.29, 0.717) is 53.6 Å². The molecule has 2 heterocycles. The van der Waals surface area contributed by atoms with Crippen LogP contribution in [0.15, 0.2) is 36.7 Å². The highest BCUT2D eigenvalue weighted by Gasteiger charge is 2.42. The number of rotatable bonds is 8. The van der Waals surface area contributed by atoms with E-state index < -0.39 is 5.82 Å². The minimum absolute atomic E-state index is 0.000153. The first-order valence-corrected chi connectivity index (χ1v) is 11.5. The molecule has 0 atom stereocenters. The maximum absolute atomic E-state index is 13.6. The Bertz CT molecular complexity index is 1190. The number of nitrogens with zero attached hydrogens (tertiary/aromatic N) is 3. The number of benzene rings is 2. The minimum Gasteiger partial charge on any atom is -0.492 e. The quantitative estimate of drug-likeness (QED) is 0.444. The van der Waals surface area contributed by atoms with Gasteiger partial charge in [-0.15, -0.1) is 0 Å². The smallest absolute Gasteiger partial charge is 0.357 e. The maximum atomic E-state index is 13.6. The number of quaternary nitrogens is 1.